The smallest absolute Gasteiger partial charge is 0.268 e. The molecular weight excluding hydrogens is 282 g/mol. The number of nitrogens with one attached hydrogen (secondary N) is 1. The number of piperidine rings is 2. The molecule has 110 valence electrons. The first-order valence-electron chi connectivity index (χ1n) is 7.49. The van der Waals surface area contributed by atoms with E-state index in [9.17, 15) is 14.4 Å². The molecule has 5 aliphatic rings. The fourth-order valence-corrected chi connectivity index (χ4v) is 4.33. The molecule has 0 amide bonds. The first kappa shape index (κ1) is 12.3. The highest BCUT2D eigenvalue weighted by Gasteiger charge is 2.87. The zero-order valence-electron chi connectivity index (χ0n) is 11.7. The van der Waals surface area contributed by atoms with Crippen molar-refractivity contribution in [3.63, 3.8) is 0 Å². The number of ketones is 3. The molecule has 3 aliphatic carbocycles. The summed E-state index contributed by atoms with van der Waals surface area (Å²) in [4.78, 5) is 35.4. The summed E-state index contributed by atoms with van der Waals surface area (Å²) in [5.74, 6) is 0.497. The van der Waals surface area contributed by atoms with Gasteiger partial charge in [-0.3, -0.25) is 14.4 Å². The fraction of sp³-hybridized carbons (Fsp3) is 0.353. The van der Waals surface area contributed by atoms with Gasteiger partial charge in [0.1, 0.15) is 5.76 Å². The third-order valence-electron chi connectivity index (χ3n) is 5.50. The van der Waals surface area contributed by atoms with Crippen LogP contribution in [0.2, 0.25) is 0 Å². The van der Waals surface area contributed by atoms with Gasteiger partial charge in [-0.1, -0.05) is 0 Å². The lowest BCUT2D eigenvalue weighted by Gasteiger charge is -2.35. The molecule has 2 atom stereocenters. The molecule has 0 spiro atoms. The summed E-state index contributed by atoms with van der Waals surface area (Å²) in [6.07, 6.45) is 8.12. The maximum atomic E-state index is 12.1. The number of allylic oxidation sites excluding steroid dienone is 8. The van der Waals surface area contributed by atoms with E-state index in [-0.39, 0.29) is 17.0 Å². The van der Waals surface area contributed by atoms with Gasteiger partial charge in [0.25, 0.3) is 5.78 Å². The lowest BCUT2D eigenvalue weighted by Crippen LogP contribution is -2.43. The Morgan fingerprint density at radius 3 is 2.50 bits per heavy atom. The second-order valence-electron chi connectivity index (χ2n) is 6.48. The van der Waals surface area contributed by atoms with Gasteiger partial charge in [-0.25, -0.2) is 0 Å². The predicted molar refractivity (Wildman–Crippen MR) is 75.3 cm³/mol. The van der Waals surface area contributed by atoms with E-state index in [1.54, 1.807) is 0 Å². The summed E-state index contributed by atoms with van der Waals surface area (Å²) in [6, 6.07) is 0.564. The van der Waals surface area contributed by atoms with Gasteiger partial charge in [0.2, 0.25) is 5.78 Å². The summed E-state index contributed by atoms with van der Waals surface area (Å²) in [7, 11) is 0. The Balaban J connectivity index is 1.53. The van der Waals surface area contributed by atoms with Crippen LogP contribution in [0, 0.1) is 17.3 Å². The van der Waals surface area contributed by atoms with Crippen molar-refractivity contribution in [3.8, 4) is 0 Å². The van der Waals surface area contributed by atoms with E-state index >= 15 is 0 Å². The molecule has 22 heavy (non-hydrogen) atoms. The van der Waals surface area contributed by atoms with Crippen LogP contribution in [0.25, 0.3) is 0 Å². The molecule has 5 nitrogen and oxygen atoms in total. The second-order valence-corrected chi connectivity index (χ2v) is 6.48. The maximum Gasteiger partial charge on any atom is 0.268 e. The Labute approximate surface area is 126 Å². The van der Waals surface area contributed by atoms with E-state index in [2.05, 4.69) is 5.32 Å². The van der Waals surface area contributed by atoms with Gasteiger partial charge in [-0.05, 0) is 49.1 Å². The van der Waals surface area contributed by atoms with Crippen LogP contribution in [0.1, 0.15) is 6.42 Å². The SMILES string of the molecule is O=C1C=CC(=C2OC(C34CCNC5C3C54)=CC(=O)C2=O)C=C1. The average molecular weight is 295 g/mol. The lowest BCUT2D eigenvalue weighted by atomic mass is 9.81. The van der Waals surface area contributed by atoms with Crippen molar-refractivity contribution in [2.45, 2.75) is 12.5 Å². The summed E-state index contributed by atoms with van der Waals surface area (Å²) in [5, 5.41) is 3.44. The normalized spacial score (nSPS) is 41.2. The van der Waals surface area contributed by atoms with E-state index in [4.69, 9.17) is 4.74 Å². The molecule has 0 bridgehead atoms. The molecule has 0 radical (unpaired) electrons. The highest BCUT2D eigenvalue weighted by Crippen LogP contribution is 2.83. The lowest BCUT2D eigenvalue weighted by molar-refractivity contribution is -0.134. The van der Waals surface area contributed by atoms with Gasteiger partial charge in [-0.15, -0.1) is 0 Å². The Bertz CT molecular complexity index is 754. The number of carbonyl (C=O) groups is 3. The van der Waals surface area contributed by atoms with Crippen LogP contribution in [-0.4, -0.2) is 29.9 Å². The van der Waals surface area contributed by atoms with E-state index in [1.165, 1.54) is 30.4 Å². The van der Waals surface area contributed by atoms with Crippen LogP contribution in [-0.2, 0) is 19.1 Å². The minimum Gasteiger partial charge on any atom is -0.456 e. The predicted octanol–water partition coefficient (Wildman–Crippen LogP) is 0.596. The van der Waals surface area contributed by atoms with Crippen molar-refractivity contribution in [1.82, 2.24) is 5.32 Å². The van der Waals surface area contributed by atoms with Gasteiger partial charge < -0.3 is 10.1 Å². The number of fused-ring (bicyclic) bond motifs is 2. The van der Waals surface area contributed by atoms with Crippen LogP contribution >= 0.6 is 0 Å². The number of hydrogen-bond acceptors (Lipinski definition) is 5. The van der Waals surface area contributed by atoms with E-state index < -0.39 is 11.6 Å². The minimum atomic E-state index is -0.640. The van der Waals surface area contributed by atoms with Crippen molar-refractivity contribution >= 4 is 17.3 Å². The molecule has 3 fully saturated rings. The van der Waals surface area contributed by atoms with Crippen LogP contribution in [0.5, 0.6) is 0 Å². The number of hydrogen-bond donors (Lipinski definition) is 1. The second kappa shape index (κ2) is 3.73. The Morgan fingerprint density at radius 2 is 1.82 bits per heavy atom. The number of rotatable bonds is 1. The molecule has 0 aromatic rings. The highest BCUT2D eigenvalue weighted by molar-refractivity contribution is 6.47. The monoisotopic (exact) mass is 295 g/mol. The molecule has 1 N–H and O–H groups in total. The van der Waals surface area contributed by atoms with Crippen LogP contribution in [0.3, 0.4) is 0 Å². The highest BCUT2D eigenvalue weighted by atomic mass is 16.5. The third kappa shape index (κ3) is 1.35. The number of Topliss-reactive ketones (excluding diaryl/α,β-unsaturated/α-hetero) is 1. The van der Waals surface area contributed by atoms with Crippen molar-refractivity contribution in [2.75, 3.05) is 6.54 Å². The van der Waals surface area contributed by atoms with E-state index in [0.717, 1.165) is 13.0 Å². The molecule has 0 aromatic heterocycles. The van der Waals surface area contributed by atoms with Gasteiger partial charge >= 0.3 is 0 Å². The molecule has 0 aromatic carbocycles. The van der Waals surface area contributed by atoms with Crippen molar-refractivity contribution < 1.29 is 19.1 Å². The maximum absolute atomic E-state index is 12.1. The van der Waals surface area contributed by atoms with E-state index in [0.29, 0.717) is 29.2 Å². The van der Waals surface area contributed by atoms with Crippen molar-refractivity contribution in [3.05, 3.63) is 47.5 Å². The van der Waals surface area contributed by atoms with Crippen molar-refractivity contribution in [1.29, 1.82) is 0 Å². The molecule has 2 saturated carbocycles. The van der Waals surface area contributed by atoms with Gasteiger partial charge in [-0.2, -0.15) is 0 Å². The number of carbonyl (C=O) groups excluding carboxylic acids is 3. The largest absolute Gasteiger partial charge is 0.456 e. The van der Waals surface area contributed by atoms with Gasteiger partial charge in [0, 0.05) is 23.1 Å². The summed E-state index contributed by atoms with van der Waals surface area (Å²) < 4.78 is 5.87. The van der Waals surface area contributed by atoms with Crippen LogP contribution in [0.4, 0.5) is 0 Å². The molecule has 1 saturated heterocycles. The third-order valence-corrected chi connectivity index (χ3v) is 5.50. The van der Waals surface area contributed by atoms with Gasteiger partial charge in [0.15, 0.2) is 11.5 Å². The molecule has 2 heterocycles. The topological polar surface area (TPSA) is 72.5 Å². The minimum absolute atomic E-state index is 0.0317. The molecule has 5 rings (SSSR count). The zero-order chi connectivity index (χ0) is 15.1. The summed E-state index contributed by atoms with van der Waals surface area (Å²) in [5.41, 5.74) is 0.454. The summed E-state index contributed by atoms with van der Waals surface area (Å²) in [6.45, 7) is 0.917. The molecule has 5 heteroatoms. The standard InChI is InChI=1S/C17H13NO4/c19-9-3-1-8(2-4-9)16-15(21)10(20)7-11(22-16)17-5-6-18-14-12(17)13(14)17/h1-4,7,12-14,18H,5-6H2. The Hall–Kier alpha value is -2.27. The number of ether oxygens (including phenoxy) is 1. The quantitative estimate of drug-likeness (QED) is 0.566. The van der Waals surface area contributed by atoms with E-state index in [1.807, 2.05) is 0 Å². The first-order valence-corrected chi connectivity index (χ1v) is 7.49. The molecule has 2 unspecified atom stereocenters. The van der Waals surface area contributed by atoms with Gasteiger partial charge in [0.05, 0.1) is 0 Å². The van der Waals surface area contributed by atoms with Crippen molar-refractivity contribution in [2.24, 2.45) is 17.3 Å². The summed E-state index contributed by atoms with van der Waals surface area (Å²) >= 11 is 0. The Morgan fingerprint density at radius 1 is 1.09 bits per heavy atom. The Kier molecular flexibility index (Phi) is 2.08. The first-order chi connectivity index (χ1) is 10.6. The zero-order valence-corrected chi connectivity index (χ0v) is 11.7. The molecule has 2 aliphatic heterocycles. The molecular formula is C17H13NO4. The van der Waals surface area contributed by atoms with Crippen LogP contribution < -0.4 is 5.32 Å². The fourth-order valence-electron chi connectivity index (χ4n) is 4.33. The van der Waals surface area contributed by atoms with Crippen LogP contribution in [0.15, 0.2) is 47.5 Å². The average Bonchev–Trinajstić information content (AvgIpc) is 3.42.